The van der Waals surface area contributed by atoms with Crippen LogP contribution in [-0.2, 0) is 0 Å². The number of carboxylic acids is 1. The average molecular weight is 369 g/mol. The molecule has 1 atom stereocenters. The van der Waals surface area contributed by atoms with Crippen molar-refractivity contribution in [1.29, 1.82) is 0 Å². The fourth-order valence-electron chi connectivity index (χ4n) is 3.26. The first kappa shape index (κ1) is 18.7. The fraction of sp³-hybridized carbons (Fsp3) is 0.350. The van der Waals surface area contributed by atoms with E-state index in [0.29, 0.717) is 28.7 Å². The molecular weight excluding hydrogens is 346 g/mol. The second-order valence-corrected chi connectivity index (χ2v) is 6.78. The maximum atomic E-state index is 12.4. The normalized spacial score (nSPS) is 16.7. The van der Waals surface area contributed by atoms with Crippen molar-refractivity contribution in [2.75, 3.05) is 30.4 Å². The highest BCUT2D eigenvalue weighted by Gasteiger charge is 2.23. The summed E-state index contributed by atoms with van der Waals surface area (Å²) in [6.07, 6.45) is 3.65. The van der Waals surface area contributed by atoms with Crippen LogP contribution in [0.1, 0.15) is 40.5 Å². The van der Waals surface area contributed by atoms with Gasteiger partial charge in [-0.2, -0.15) is 0 Å². The van der Waals surface area contributed by atoms with E-state index >= 15 is 0 Å². The van der Waals surface area contributed by atoms with Crippen LogP contribution in [0.2, 0.25) is 0 Å². The molecule has 2 heterocycles. The molecule has 0 saturated carbocycles. The van der Waals surface area contributed by atoms with Crippen molar-refractivity contribution < 1.29 is 19.4 Å². The van der Waals surface area contributed by atoms with E-state index in [1.54, 1.807) is 31.4 Å². The number of piperidine rings is 1. The molecule has 2 N–H and O–H groups in total. The van der Waals surface area contributed by atoms with E-state index in [1.807, 2.05) is 4.90 Å². The number of hydrogen-bond donors (Lipinski definition) is 2. The number of aromatic nitrogens is 1. The van der Waals surface area contributed by atoms with Gasteiger partial charge in [0.1, 0.15) is 17.1 Å². The maximum Gasteiger partial charge on any atom is 0.339 e. The summed E-state index contributed by atoms with van der Waals surface area (Å²) in [6, 6.07) is 8.13. The number of methoxy groups -OCH3 is 1. The topological polar surface area (TPSA) is 91.8 Å². The number of carbonyl (C=O) groups excluding carboxylic acids is 1. The number of rotatable bonds is 5. The zero-order valence-corrected chi connectivity index (χ0v) is 15.4. The van der Waals surface area contributed by atoms with E-state index < -0.39 is 5.97 Å². The van der Waals surface area contributed by atoms with Gasteiger partial charge in [-0.1, -0.05) is 6.92 Å². The number of ether oxygens (including phenoxy) is 1. The van der Waals surface area contributed by atoms with Crippen LogP contribution in [0.15, 0.2) is 36.5 Å². The van der Waals surface area contributed by atoms with Crippen LogP contribution in [0.25, 0.3) is 0 Å². The van der Waals surface area contributed by atoms with Crippen LogP contribution in [0, 0.1) is 5.92 Å². The highest BCUT2D eigenvalue weighted by atomic mass is 16.5. The third-order valence-electron chi connectivity index (χ3n) is 4.66. The number of benzene rings is 1. The van der Waals surface area contributed by atoms with Crippen LogP contribution >= 0.6 is 0 Å². The van der Waals surface area contributed by atoms with E-state index in [0.717, 1.165) is 25.9 Å². The lowest BCUT2D eigenvalue weighted by Crippen LogP contribution is -2.36. The van der Waals surface area contributed by atoms with Crippen LogP contribution in [-0.4, -0.2) is 42.2 Å². The second-order valence-electron chi connectivity index (χ2n) is 6.78. The molecule has 7 nitrogen and oxygen atoms in total. The minimum atomic E-state index is -1.06. The Labute approximate surface area is 158 Å². The SMILES string of the molecule is COc1ccc(C(=O)Nc2cnc(N3CCC[C@@H](C)C3)c(C(=O)O)c2)cc1. The Balaban J connectivity index is 1.80. The number of carbonyl (C=O) groups is 2. The summed E-state index contributed by atoms with van der Waals surface area (Å²) >= 11 is 0. The third-order valence-corrected chi connectivity index (χ3v) is 4.66. The molecule has 1 saturated heterocycles. The van der Waals surface area contributed by atoms with Gasteiger partial charge in [0.15, 0.2) is 0 Å². The molecule has 0 unspecified atom stereocenters. The number of amides is 1. The summed E-state index contributed by atoms with van der Waals surface area (Å²) < 4.78 is 5.08. The van der Waals surface area contributed by atoms with Gasteiger partial charge in [0, 0.05) is 18.7 Å². The molecule has 3 rings (SSSR count). The molecule has 1 aliphatic heterocycles. The molecule has 1 amide bonds. The quantitative estimate of drug-likeness (QED) is 0.840. The lowest BCUT2D eigenvalue weighted by Gasteiger charge is -2.32. The summed E-state index contributed by atoms with van der Waals surface area (Å²) in [5, 5.41) is 12.3. The Morgan fingerprint density at radius 2 is 2.04 bits per heavy atom. The number of pyridine rings is 1. The number of nitrogens with one attached hydrogen (secondary N) is 1. The van der Waals surface area contributed by atoms with Crippen molar-refractivity contribution in [2.45, 2.75) is 19.8 Å². The molecule has 1 fully saturated rings. The second kappa shape index (κ2) is 8.07. The van der Waals surface area contributed by atoms with E-state index in [4.69, 9.17) is 4.74 Å². The number of hydrogen-bond acceptors (Lipinski definition) is 5. The van der Waals surface area contributed by atoms with E-state index in [1.165, 1.54) is 12.3 Å². The van der Waals surface area contributed by atoms with Gasteiger partial charge < -0.3 is 20.1 Å². The van der Waals surface area contributed by atoms with Gasteiger partial charge in [-0.15, -0.1) is 0 Å². The number of carboxylic acid groups (broad SMARTS) is 1. The smallest absolute Gasteiger partial charge is 0.339 e. The Bertz CT molecular complexity index is 836. The molecule has 0 radical (unpaired) electrons. The van der Waals surface area contributed by atoms with Crippen molar-refractivity contribution in [3.8, 4) is 5.75 Å². The zero-order valence-electron chi connectivity index (χ0n) is 15.4. The first-order chi connectivity index (χ1) is 13.0. The van der Waals surface area contributed by atoms with Crippen LogP contribution in [0.3, 0.4) is 0 Å². The number of anilines is 2. The van der Waals surface area contributed by atoms with Crippen LogP contribution < -0.4 is 15.0 Å². The highest BCUT2D eigenvalue weighted by molar-refractivity contribution is 6.05. The van der Waals surface area contributed by atoms with E-state index in [-0.39, 0.29) is 11.5 Å². The molecule has 1 aromatic heterocycles. The van der Waals surface area contributed by atoms with E-state index in [2.05, 4.69) is 17.2 Å². The monoisotopic (exact) mass is 369 g/mol. The molecule has 142 valence electrons. The van der Waals surface area contributed by atoms with Gasteiger partial charge in [0.2, 0.25) is 0 Å². The standard InChI is InChI=1S/C20H23N3O4/c1-13-4-3-9-23(12-13)18-17(20(25)26)10-15(11-21-18)22-19(24)14-5-7-16(27-2)8-6-14/h5-8,10-11,13H,3-4,9,12H2,1-2H3,(H,22,24)(H,25,26)/t13-/m1/s1. The molecule has 0 bridgehead atoms. The van der Waals surface area contributed by atoms with Gasteiger partial charge in [0.05, 0.1) is 19.0 Å². The van der Waals surface area contributed by atoms with Gasteiger partial charge >= 0.3 is 5.97 Å². The molecule has 27 heavy (non-hydrogen) atoms. The van der Waals surface area contributed by atoms with Crippen molar-refractivity contribution in [2.24, 2.45) is 5.92 Å². The first-order valence-electron chi connectivity index (χ1n) is 8.91. The van der Waals surface area contributed by atoms with Gasteiger partial charge in [-0.25, -0.2) is 9.78 Å². The van der Waals surface area contributed by atoms with Gasteiger partial charge in [-0.05, 0) is 49.1 Å². The van der Waals surface area contributed by atoms with E-state index in [9.17, 15) is 14.7 Å². The minimum Gasteiger partial charge on any atom is -0.497 e. The zero-order chi connectivity index (χ0) is 19.4. The Morgan fingerprint density at radius 3 is 2.67 bits per heavy atom. The molecule has 1 aliphatic rings. The summed E-state index contributed by atoms with van der Waals surface area (Å²) in [5.74, 6) is 0.209. The minimum absolute atomic E-state index is 0.0941. The summed E-state index contributed by atoms with van der Waals surface area (Å²) in [5.41, 5.74) is 0.889. The van der Waals surface area contributed by atoms with Gasteiger partial charge in [-0.3, -0.25) is 4.79 Å². The summed E-state index contributed by atoms with van der Waals surface area (Å²) in [7, 11) is 1.55. The molecular formula is C20H23N3O4. The Kier molecular flexibility index (Phi) is 5.59. The molecule has 0 aliphatic carbocycles. The third kappa shape index (κ3) is 4.36. The number of nitrogens with zero attached hydrogens (tertiary/aromatic N) is 2. The van der Waals surface area contributed by atoms with Gasteiger partial charge in [0.25, 0.3) is 5.91 Å². The Hall–Kier alpha value is -3.09. The number of aromatic carboxylic acids is 1. The van der Waals surface area contributed by atoms with Crippen molar-refractivity contribution in [3.63, 3.8) is 0 Å². The molecule has 0 spiro atoms. The first-order valence-corrected chi connectivity index (χ1v) is 8.91. The average Bonchev–Trinajstić information content (AvgIpc) is 2.68. The molecule has 2 aromatic rings. The highest BCUT2D eigenvalue weighted by Crippen LogP contribution is 2.26. The van der Waals surface area contributed by atoms with Crippen molar-refractivity contribution >= 4 is 23.4 Å². The predicted octanol–water partition coefficient (Wildman–Crippen LogP) is 3.28. The summed E-state index contributed by atoms with van der Waals surface area (Å²) in [6.45, 7) is 3.72. The maximum absolute atomic E-state index is 12.4. The van der Waals surface area contributed by atoms with Crippen molar-refractivity contribution in [1.82, 2.24) is 4.98 Å². The predicted molar refractivity (Wildman–Crippen MR) is 103 cm³/mol. The fourth-order valence-corrected chi connectivity index (χ4v) is 3.26. The lowest BCUT2D eigenvalue weighted by atomic mass is 10.00. The molecule has 1 aromatic carbocycles. The largest absolute Gasteiger partial charge is 0.497 e. The molecule has 7 heteroatoms. The Morgan fingerprint density at radius 1 is 1.30 bits per heavy atom. The summed E-state index contributed by atoms with van der Waals surface area (Å²) in [4.78, 5) is 30.5. The van der Waals surface area contributed by atoms with Crippen molar-refractivity contribution in [3.05, 3.63) is 47.7 Å². The van der Waals surface area contributed by atoms with Crippen LogP contribution in [0.4, 0.5) is 11.5 Å². The lowest BCUT2D eigenvalue weighted by molar-refractivity contribution is 0.0696. The van der Waals surface area contributed by atoms with Crippen LogP contribution in [0.5, 0.6) is 5.75 Å².